The van der Waals surface area contributed by atoms with Crippen molar-refractivity contribution in [2.75, 3.05) is 0 Å². The van der Waals surface area contributed by atoms with E-state index in [2.05, 4.69) is 41.0 Å². The van der Waals surface area contributed by atoms with Crippen LogP contribution in [-0.4, -0.2) is 31.7 Å². The molecule has 12 heteroatoms. The van der Waals surface area contributed by atoms with E-state index in [1.165, 1.54) is 0 Å². The van der Waals surface area contributed by atoms with Crippen LogP contribution < -0.4 is 23.3 Å². The number of aromatic nitrogens is 2. The van der Waals surface area contributed by atoms with Gasteiger partial charge in [0.2, 0.25) is 0 Å². The summed E-state index contributed by atoms with van der Waals surface area (Å²) in [5, 5.41) is 8.96. The van der Waals surface area contributed by atoms with Gasteiger partial charge < -0.3 is 37.7 Å². The van der Waals surface area contributed by atoms with Crippen molar-refractivity contribution in [1.82, 2.24) is 20.8 Å². The largest absolute Gasteiger partial charge is 3.00 e. The minimum atomic E-state index is 0. The zero-order chi connectivity index (χ0) is 27.0. The standard InChI is InChI=1S/2C14H14N4S.ClH.Co/c2*1-11(13-9-5-6-10-15-13)17-18-14(19)16-12-7-3-2-4-8-12;;/h2*2-10H,1H3,(H2,16,18,19);1H;/q;;;+3/p-3/b2*17-11+;;. The Balaban J connectivity index is 0.000000381. The number of hydrogen-bond donors (Lipinski definition) is 2. The number of nitrogens with one attached hydrogen (secondary N) is 2. The molecular weight excluding hydrogens is 607 g/mol. The van der Waals surface area contributed by atoms with Crippen molar-refractivity contribution >= 4 is 58.4 Å². The fourth-order valence-electron chi connectivity index (χ4n) is 2.82. The van der Waals surface area contributed by atoms with E-state index in [-0.39, 0.29) is 29.2 Å². The molecule has 8 nitrogen and oxygen atoms in total. The van der Waals surface area contributed by atoms with Gasteiger partial charge in [-0.3, -0.25) is 30.8 Å². The second-order valence-electron chi connectivity index (χ2n) is 7.55. The molecule has 4 aromatic rings. The summed E-state index contributed by atoms with van der Waals surface area (Å²) in [6.45, 7) is 3.72. The van der Waals surface area contributed by atoms with Crippen molar-refractivity contribution in [2.24, 2.45) is 20.2 Å². The van der Waals surface area contributed by atoms with Crippen LogP contribution in [0.4, 0.5) is 11.4 Å². The first-order valence-corrected chi connectivity index (χ1v) is 12.4. The van der Waals surface area contributed by atoms with Crippen molar-refractivity contribution in [2.45, 2.75) is 13.8 Å². The van der Waals surface area contributed by atoms with Gasteiger partial charge in [0.1, 0.15) is 0 Å². The summed E-state index contributed by atoms with van der Waals surface area (Å²) in [5.41, 5.74) is 10.2. The predicted molar refractivity (Wildman–Crippen MR) is 161 cm³/mol. The molecule has 0 saturated carbocycles. The maximum atomic E-state index is 5.10. The van der Waals surface area contributed by atoms with Crippen molar-refractivity contribution in [3.05, 3.63) is 121 Å². The van der Waals surface area contributed by atoms with Crippen LogP contribution in [0.1, 0.15) is 25.2 Å². The minimum Gasteiger partial charge on any atom is -1.00 e. The number of nitrogens with zero attached hydrogens (tertiary/aromatic N) is 6. The van der Waals surface area contributed by atoms with Gasteiger partial charge in [0.15, 0.2) is 0 Å². The molecule has 4 rings (SSSR count). The van der Waals surface area contributed by atoms with Crippen molar-refractivity contribution in [3.8, 4) is 0 Å². The molecule has 2 aromatic heterocycles. The van der Waals surface area contributed by atoms with Crippen LogP contribution in [0, 0.1) is 0 Å². The molecule has 2 heterocycles. The molecule has 2 N–H and O–H groups in total. The van der Waals surface area contributed by atoms with Crippen LogP contribution in [0.25, 0.3) is 0 Å². The van der Waals surface area contributed by atoms with Crippen LogP contribution >= 0.6 is 0 Å². The van der Waals surface area contributed by atoms with Crippen LogP contribution in [0.15, 0.2) is 130 Å². The van der Waals surface area contributed by atoms with E-state index in [1.807, 2.05) is 111 Å². The summed E-state index contributed by atoms with van der Waals surface area (Å²) in [4.78, 5) is 16.8. The molecule has 0 unspecified atom stereocenters. The van der Waals surface area contributed by atoms with E-state index < -0.39 is 0 Å². The molecule has 2 aromatic carbocycles. The maximum Gasteiger partial charge on any atom is 3.00 e. The summed E-state index contributed by atoms with van der Waals surface area (Å²) in [6.07, 6.45) is 3.45. The Bertz CT molecular complexity index is 1280. The SMILES string of the molecule is C/C(=N\NC([S-])=Nc1ccccc1)c1ccccn1.C/C(=N\NC([S-])=Nc1ccccc1)c1ccccn1.[Cl-].[Co+3]. The number of hydrogen-bond acceptors (Lipinski definition) is 8. The number of halogens is 1. The average Bonchev–Trinajstić information content (AvgIpc) is 2.97. The van der Waals surface area contributed by atoms with Crippen molar-refractivity contribution < 1.29 is 29.2 Å². The molecule has 0 fully saturated rings. The van der Waals surface area contributed by atoms with Crippen LogP contribution in [0.5, 0.6) is 0 Å². The Hall–Kier alpha value is -3.74. The smallest absolute Gasteiger partial charge is 1.00 e. The number of pyridine rings is 2. The number of aliphatic imine (C=N–C) groups is 2. The second-order valence-corrected chi connectivity index (χ2v) is 8.33. The molecule has 0 bridgehead atoms. The van der Waals surface area contributed by atoms with E-state index >= 15 is 0 Å². The number of para-hydroxylation sites is 2. The zero-order valence-corrected chi connectivity index (χ0v) is 25.0. The Labute approximate surface area is 262 Å². The summed E-state index contributed by atoms with van der Waals surface area (Å²) in [5.74, 6) is 0. The third-order valence-electron chi connectivity index (χ3n) is 4.68. The first-order valence-electron chi connectivity index (χ1n) is 11.6. The van der Waals surface area contributed by atoms with Crippen LogP contribution in [0.2, 0.25) is 0 Å². The first kappa shape index (κ1) is 34.3. The van der Waals surface area contributed by atoms with Gasteiger partial charge in [-0.15, -0.1) is 0 Å². The zero-order valence-electron chi connectivity index (χ0n) is 21.6. The molecule has 206 valence electrons. The quantitative estimate of drug-likeness (QED) is 0.147. The van der Waals surface area contributed by atoms with Gasteiger partial charge >= 0.3 is 16.8 Å². The Kier molecular flexibility index (Phi) is 16.6. The summed E-state index contributed by atoms with van der Waals surface area (Å²) >= 11 is 10.2. The first-order chi connectivity index (χ1) is 18.5. The summed E-state index contributed by atoms with van der Waals surface area (Å²) in [7, 11) is 0. The molecule has 0 radical (unpaired) electrons. The number of amidine groups is 2. The Morgan fingerprint density at radius 3 is 1.25 bits per heavy atom. The van der Waals surface area contributed by atoms with Gasteiger partial charge in [-0.1, -0.05) is 48.5 Å². The number of rotatable bonds is 6. The predicted octanol–water partition coefficient (Wildman–Crippen LogP) is 2.26. The van der Waals surface area contributed by atoms with Gasteiger partial charge in [0, 0.05) is 22.7 Å². The maximum absolute atomic E-state index is 5.10. The van der Waals surface area contributed by atoms with Crippen LogP contribution in [0.3, 0.4) is 0 Å². The van der Waals surface area contributed by atoms with Gasteiger partial charge in [-0.25, -0.2) is 0 Å². The fraction of sp³-hybridized carbons (Fsp3) is 0.0714. The normalized spacial score (nSPS) is 11.7. The van der Waals surface area contributed by atoms with Gasteiger partial charge in [-0.05, 0) is 62.4 Å². The monoisotopic (exact) mass is 632 g/mol. The summed E-state index contributed by atoms with van der Waals surface area (Å²) in [6, 6.07) is 30.3. The van der Waals surface area contributed by atoms with E-state index in [1.54, 1.807) is 12.4 Å². The number of hydrazone groups is 2. The van der Waals surface area contributed by atoms with Gasteiger partial charge in [-0.2, -0.15) is 10.2 Å². The van der Waals surface area contributed by atoms with E-state index in [9.17, 15) is 0 Å². The van der Waals surface area contributed by atoms with E-state index in [0.29, 0.717) is 10.3 Å². The third-order valence-corrected chi connectivity index (χ3v) is 5.05. The van der Waals surface area contributed by atoms with Crippen LogP contribution in [-0.2, 0) is 42.0 Å². The Morgan fingerprint density at radius 1 is 0.575 bits per heavy atom. The van der Waals surface area contributed by atoms with Crippen molar-refractivity contribution in [1.29, 1.82) is 0 Å². The topological polar surface area (TPSA) is 99.3 Å². The molecule has 40 heavy (non-hydrogen) atoms. The van der Waals surface area contributed by atoms with Gasteiger partial charge in [0.25, 0.3) is 0 Å². The fourth-order valence-corrected chi connectivity index (χ4v) is 3.12. The minimum absolute atomic E-state index is 0. The molecule has 0 aliphatic carbocycles. The molecule has 0 aliphatic rings. The van der Waals surface area contributed by atoms with Crippen molar-refractivity contribution in [3.63, 3.8) is 0 Å². The summed E-state index contributed by atoms with van der Waals surface area (Å²) < 4.78 is 0. The average molecular weight is 633 g/mol. The third kappa shape index (κ3) is 12.9. The molecule has 0 saturated heterocycles. The second kappa shape index (κ2) is 19.3. The van der Waals surface area contributed by atoms with E-state index in [4.69, 9.17) is 25.3 Å². The molecule has 0 atom stereocenters. The molecular formula is C28H26ClCoN8S2. The number of benzene rings is 2. The molecule has 0 aliphatic heterocycles. The Morgan fingerprint density at radius 2 is 0.925 bits per heavy atom. The van der Waals surface area contributed by atoms with E-state index in [0.717, 1.165) is 34.2 Å². The molecule has 0 spiro atoms. The molecule has 0 amide bonds. The van der Waals surface area contributed by atoms with Gasteiger partial charge in [0.05, 0.1) is 34.2 Å².